The molecular formula is C17H20N6O. The van der Waals surface area contributed by atoms with Gasteiger partial charge >= 0.3 is 0 Å². The van der Waals surface area contributed by atoms with Crippen molar-refractivity contribution in [1.29, 1.82) is 0 Å². The van der Waals surface area contributed by atoms with Crippen molar-refractivity contribution in [1.82, 2.24) is 29.8 Å². The van der Waals surface area contributed by atoms with Gasteiger partial charge in [0.2, 0.25) is 11.7 Å². The van der Waals surface area contributed by atoms with E-state index < -0.39 is 0 Å². The summed E-state index contributed by atoms with van der Waals surface area (Å²) in [7, 11) is 0. The average Bonchev–Trinajstić information content (AvgIpc) is 3.32. The first-order valence-electron chi connectivity index (χ1n) is 8.24. The smallest absolute Gasteiger partial charge is 0.241 e. The van der Waals surface area contributed by atoms with E-state index in [1.54, 1.807) is 12.7 Å². The SMILES string of the molecule is Cc1ccc(-c2noc(CN3CCC[C@@H]3Cn3cncn3)n2)cc1. The van der Waals surface area contributed by atoms with Crippen molar-refractivity contribution in [3.63, 3.8) is 0 Å². The molecule has 3 heterocycles. The van der Waals surface area contributed by atoms with Gasteiger partial charge in [0, 0.05) is 11.6 Å². The van der Waals surface area contributed by atoms with Gasteiger partial charge in [0.1, 0.15) is 12.7 Å². The van der Waals surface area contributed by atoms with Gasteiger partial charge in [0.25, 0.3) is 0 Å². The predicted octanol–water partition coefficient (Wildman–Crippen LogP) is 2.30. The molecular weight excluding hydrogens is 304 g/mol. The van der Waals surface area contributed by atoms with Gasteiger partial charge in [0.05, 0.1) is 13.1 Å². The summed E-state index contributed by atoms with van der Waals surface area (Å²) in [6.07, 6.45) is 5.67. The van der Waals surface area contributed by atoms with Gasteiger partial charge < -0.3 is 4.52 Å². The Labute approximate surface area is 140 Å². The molecule has 0 amide bonds. The second-order valence-corrected chi connectivity index (χ2v) is 6.26. The zero-order chi connectivity index (χ0) is 16.4. The monoisotopic (exact) mass is 324 g/mol. The molecule has 0 spiro atoms. The minimum absolute atomic E-state index is 0.432. The van der Waals surface area contributed by atoms with E-state index in [4.69, 9.17) is 4.52 Å². The molecule has 1 aliphatic heterocycles. The number of hydrogen-bond donors (Lipinski definition) is 0. The topological polar surface area (TPSA) is 72.9 Å². The number of benzene rings is 1. The van der Waals surface area contributed by atoms with Gasteiger partial charge in [0.15, 0.2) is 0 Å². The highest BCUT2D eigenvalue weighted by atomic mass is 16.5. The Balaban J connectivity index is 1.44. The number of likely N-dealkylation sites (tertiary alicyclic amines) is 1. The minimum atomic E-state index is 0.432. The van der Waals surface area contributed by atoms with Crippen LogP contribution in [-0.2, 0) is 13.1 Å². The molecule has 1 fully saturated rings. The van der Waals surface area contributed by atoms with Crippen molar-refractivity contribution in [2.45, 2.75) is 38.9 Å². The molecule has 0 radical (unpaired) electrons. The molecule has 0 bridgehead atoms. The van der Waals surface area contributed by atoms with Crippen molar-refractivity contribution in [2.24, 2.45) is 0 Å². The fraction of sp³-hybridized carbons (Fsp3) is 0.412. The van der Waals surface area contributed by atoms with E-state index in [0.29, 0.717) is 24.3 Å². The van der Waals surface area contributed by atoms with Crippen molar-refractivity contribution in [3.05, 3.63) is 48.4 Å². The lowest BCUT2D eigenvalue weighted by Gasteiger charge is -2.22. The molecule has 0 aliphatic carbocycles. The van der Waals surface area contributed by atoms with E-state index in [9.17, 15) is 0 Å². The van der Waals surface area contributed by atoms with Gasteiger partial charge in [-0.3, -0.25) is 9.58 Å². The molecule has 7 nitrogen and oxygen atoms in total. The van der Waals surface area contributed by atoms with Crippen LogP contribution in [0.1, 0.15) is 24.3 Å². The zero-order valence-corrected chi connectivity index (χ0v) is 13.7. The largest absolute Gasteiger partial charge is 0.338 e. The zero-order valence-electron chi connectivity index (χ0n) is 13.7. The predicted molar refractivity (Wildman–Crippen MR) is 87.9 cm³/mol. The highest BCUT2D eigenvalue weighted by Gasteiger charge is 2.26. The molecule has 124 valence electrons. The molecule has 24 heavy (non-hydrogen) atoms. The Kier molecular flexibility index (Phi) is 4.08. The summed E-state index contributed by atoms with van der Waals surface area (Å²) in [5, 5.41) is 8.32. The first kappa shape index (κ1) is 15.0. The standard InChI is InChI=1S/C17H20N6O/c1-13-4-6-14(7-5-13)17-20-16(24-21-17)10-22-8-2-3-15(22)9-23-12-18-11-19-23/h4-7,11-12,15H,2-3,8-10H2,1H3/t15-/m1/s1. The summed E-state index contributed by atoms with van der Waals surface area (Å²) in [4.78, 5) is 10.9. The molecule has 4 rings (SSSR count). The Morgan fingerprint density at radius 1 is 1.25 bits per heavy atom. The van der Waals surface area contributed by atoms with E-state index in [-0.39, 0.29) is 0 Å². The van der Waals surface area contributed by atoms with E-state index in [1.807, 2.05) is 16.8 Å². The van der Waals surface area contributed by atoms with Crippen LogP contribution in [0.15, 0.2) is 41.4 Å². The lowest BCUT2D eigenvalue weighted by molar-refractivity contribution is 0.192. The van der Waals surface area contributed by atoms with E-state index in [0.717, 1.165) is 25.1 Å². The van der Waals surface area contributed by atoms with Gasteiger partial charge in [-0.25, -0.2) is 4.98 Å². The highest BCUT2D eigenvalue weighted by molar-refractivity contribution is 5.54. The lowest BCUT2D eigenvalue weighted by atomic mass is 10.1. The number of aryl methyl sites for hydroxylation is 1. The number of hydrogen-bond acceptors (Lipinski definition) is 6. The molecule has 0 unspecified atom stereocenters. The molecule has 7 heteroatoms. The van der Waals surface area contributed by atoms with Gasteiger partial charge in [-0.2, -0.15) is 10.1 Å². The average molecular weight is 324 g/mol. The molecule has 0 N–H and O–H groups in total. The maximum atomic E-state index is 5.46. The van der Waals surface area contributed by atoms with Crippen LogP contribution >= 0.6 is 0 Å². The summed E-state index contributed by atoms with van der Waals surface area (Å²) >= 11 is 0. The van der Waals surface area contributed by atoms with Crippen LogP contribution in [0.3, 0.4) is 0 Å². The summed E-state index contributed by atoms with van der Waals surface area (Å²) in [5.41, 5.74) is 2.20. The fourth-order valence-electron chi connectivity index (χ4n) is 3.17. The van der Waals surface area contributed by atoms with Gasteiger partial charge in [-0.15, -0.1) is 0 Å². The normalized spacial score (nSPS) is 18.3. The molecule has 1 saturated heterocycles. The molecule has 2 aromatic heterocycles. The first-order chi connectivity index (χ1) is 11.8. The van der Waals surface area contributed by atoms with Crippen LogP contribution < -0.4 is 0 Å². The van der Waals surface area contributed by atoms with Crippen molar-refractivity contribution in [2.75, 3.05) is 6.54 Å². The Morgan fingerprint density at radius 3 is 2.92 bits per heavy atom. The third kappa shape index (κ3) is 3.21. The molecule has 1 aliphatic rings. The molecule has 1 aromatic carbocycles. The number of aromatic nitrogens is 5. The van der Waals surface area contributed by atoms with Gasteiger partial charge in [-0.1, -0.05) is 35.0 Å². The van der Waals surface area contributed by atoms with Gasteiger partial charge in [-0.05, 0) is 26.3 Å². The lowest BCUT2D eigenvalue weighted by Crippen LogP contribution is -2.32. The third-order valence-electron chi connectivity index (χ3n) is 4.48. The van der Waals surface area contributed by atoms with Crippen LogP contribution in [-0.4, -0.2) is 42.4 Å². The Morgan fingerprint density at radius 2 is 2.12 bits per heavy atom. The Hall–Kier alpha value is -2.54. The molecule has 1 atom stereocenters. The minimum Gasteiger partial charge on any atom is -0.338 e. The van der Waals surface area contributed by atoms with Crippen molar-refractivity contribution in [3.8, 4) is 11.4 Å². The fourth-order valence-corrected chi connectivity index (χ4v) is 3.17. The van der Waals surface area contributed by atoms with Crippen LogP contribution in [0.25, 0.3) is 11.4 Å². The van der Waals surface area contributed by atoms with Crippen LogP contribution in [0, 0.1) is 6.92 Å². The quantitative estimate of drug-likeness (QED) is 0.717. The van der Waals surface area contributed by atoms with Crippen LogP contribution in [0.5, 0.6) is 0 Å². The third-order valence-corrected chi connectivity index (χ3v) is 4.48. The molecule has 0 saturated carbocycles. The van der Waals surface area contributed by atoms with E-state index in [2.05, 4.69) is 44.2 Å². The maximum Gasteiger partial charge on any atom is 0.241 e. The summed E-state index contributed by atoms with van der Waals surface area (Å²) in [5.74, 6) is 1.31. The van der Waals surface area contributed by atoms with Crippen LogP contribution in [0.4, 0.5) is 0 Å². The van der Waals surface area contributed by atoms with Crippen molar-refractivity contribution >= 4 is 0 Å². The number of rotatable bonds is 5. The second-order valence-electron chi connectivity index (χ2n) is 6.26. The summed E-state index contributed by atoms with van der Waals surface area (Å²) < 4.78 is 7.34. The molecule has 3 aromatic rings. The summed E-state index contributed by atoms with van der Waals surface area (Å²) in [6, 6.07) is 8.59. The maximum absolute atomic E-state index is 5.46. The Bertz CT molecular complexity index is 780. The van der Waals surface area contributed by atoms with E-state index in [1.165, 1.54) is 12.0 Å². The van der Waals surface area contributed by atoms with E-state index >= 15 is 0 Å². The van der Waals surface area contributed by atoms with Crippen molar-refractivity contribution < 1.29 is 4.52 Å². The summed E-state index contributed by atoms with van der Waals surface area (Å²) in [6.45, 7) is 4.63. The highest BCUT2D eigenvalue weighted by Crippen LogP contribution is 2.22. The van der Waals surface area contributed by atoms with Crippen LogP contribution in [0.2, 0.25) is 0 Å². The second kappa shape index (κ2) is 6.52. The first-order valence-corrected chi connectivity index (χ1v) is 8.24. The number of nitrogens with zero attached hydrogens (tertiary/aromatic N) is 6.